The molecular formula is C24H38Br2N2. The van der Waals surface area contributed by atoms with Crippen molar-refractivity contribution < 1.29 is 43.1 Å². The van der Waals surface area contributed by atoms with Gasteiger partial charge in [0.15, 0.2) is 24.8 Å². The molecule has 0 aliphatic heterocycles. The first-order chi connectivity index (χ1) is 12.2. The summed E-state index contributed by atoms with van der Waals surface area (Å²) in [5.41, 5.74) is 3.29. The number of aryl methyl sites for hydroxylation is 2. The normalized spacial score (nSPS) is 11.5. The van der Waals surface area contributed by atoms with E-state index in [2.05, 4.69) is 99.7 Å². The molecule has 0 aromatic carbocycles. The lowest BCUT2D eigenvalue weighted by atomic mass is 9.88. The fourth-order valence-electron chi connectivity index (χ4n) is 3.16. The molecule has 0 saturated carbocycles. The first kappa shape index (κ1) is 27.3. The summed E-state index contributed by atoms with van der Waals surface area (Å²) in [6.07, 6.45) is 14.0. The maximum atomic E-state index is 2.31. The zero-order valence-corrected chi connectivity index (χ0v) is 21.7. The molecular weight excluding hydrogens is 476 g/mol. The minimum atomic E-state index is 0. The van der Waals surface area contributed by atoms with Crippen LogP contribution in [0.5, 0.6) is 0 Å². The molecule has 0 amide bonds. The minimum absolute atomic E-state index is 0. The van der Waals surface area contributed by atoms with E-state index < -0.39 is 0 Å². The quantitative estimate of drug-likeness (QED) is 0.336. The van der Waals surface area contributed by atoms with E-state index in [-0.39, 0.29) is 44.8 Å². The van der Waals surface area contributed by atoms with E-state index in [0.717, 1.165) is 13.1 Å². The predicted molar refractivity (Wildman–Crippen MR) is 109 cm³/mol. The molecule has 0 bridgehead atoms. The van der Waals surface area contributed by atoms with Crippen LogP contribution >= 0.6 is 0 Å². The van der Waals surface area contributed by atoms with Crippen LogP contribution in [0.2, 0.25) is 0 Å². The second-order valence-corrected chi connectivity index (χ2v) is 9.56. The highest BCUT2D eigenvalue weighted by molar-refractivity contribution is 5.18. The van der Waals surface area contributed by atoms with Gasteiger partial charge in [-0.1, -0.05) is 41.5 Å². The van der Waals surface area contributed by atoms with Gasteiger partial charge in [-0.3, -0.25) is 0 Å². The summed E-state index contributed by atoms with van der Waals surface area (Å²) >= 11 is 0. The molecule has 2 aromatic heterocycles. The third-order valence-electron chi connectivity index (χ3n) is 5.10. The zero-order valence-electron chi connectivity index (χ0n) is 18.5. The van der Waals surface area contributed by atoms with Crippen molar-refractivity contribution in [1.82, 2.24) is 0 Å². The second kappa shape index (κ2) is 12.1. The van der Waals surface area contributed by atoms with Gasteiger partial charge in [0.1, 0.15) is 13.1 Å². The van der Waals surface area contributed by atoms with Gasteiger partial charge in [-0.25, -0.2) is 9.13 Å². The summed E-state index contributed by atoms with van der Waals surface area (Å²) in [5.74, 6) is 0. The maximum absolute atomic E-state index is 2.31. The molecule has 158 valence electrons. The van der Waals surface area contributed by atoms with Gasteiger partial charge >= 0.3 is 0 Å². The highest BCUT2D eigenvalue weighted by Crippen LogP contribution is 2.21. The summed E-state index contributed by atoms with van der Waals surface area (Å²) in [5, 5.41) is 0. The average molecular weight is 514 g/mol. The molecule has 2 heterocycles. The Balaban J connectivity index is 0.00000364. The third-order valence-corrected chi connectivity index (χ3v) is 5.10. The molecule has 0 spiro atoms. The van der Waals surface area contributed by atoms with Crippen LogP contribution < -0.4 is 43.1 Å². The van der Waals surface area contributed by atoms with Crippen molar-refractivity contribution in [3.8, 4) is 0 Å². The lowest BCUT2D eigenvalue weighted by Crippen LogP contribution is -3.00. The van der Waals surface area contributed by atoms with Crippen molar-refractivity contribution in [1.29, 1.82) is 0 Å². The van der Waals surface area contributed by atoms with Gasteiger partial charge in [0, 0.05) is 37.1 Å². The maximum Gasteiger partial charge on any atom is 0.169 e. The number of hydrogen-bond donors (Lipinski definition) is 0. The summed E-state index contributed by atoms with van der Waals surface area (Å²) in [4.78, 5) is 0. The Kier molecular flexibility index (Phi) is 11.8. The number of hydrogen-bond acceptors (Lipinski definition) is 0. The Morgan fingerprint density at radius 2 is 0.821 bits per heavy atom. The van der Waals surface area contributed by atoms with Gasteiger partial charge in [0.05, 0.1) is 0 Å². The van der Waals surface area contributed by atoms with Crippen LogP contribution in [-0.4, -0.2) is 0 Å². The lowest BCUT2D eigenvalue weighted by molar-refractivity contribution is -0.699. The second-order valence-electron chi connectivity index (χ2n) is 9.56. The van der Waals surface area contributed by atoms with Crippen LogP contribution in [0, 0.1) is 0 Å². The van der Waals surface area contributed by atoms with Crippen molar-refractivity contribution in [2.75, 3.05) is 0 Å². The molecule has 0 unspecified atom stereocenters. The number of pyridine rings is 2. The van der Waals surface area contributed by atoms with E-state index in [1.54, 1.807) is 0 Å². The number of aromatic nitrogens is 2. The highest BCUT2D eigenvalue weighted by Gasteiger charge is 2.15. The van der Waals surface area contributed by atoms with E-state index in [9.17, 15) is 0 Å². The first-order valence-electron chi connectivity index (χ1n) is 10.2. The standard InChI is InChI=1S/C24H38N2.2BrH/c1-23(2,3)21-11-17-25(18-12-21)15-9-7-8-10-16-26-19-13-22(14-20-26)24(4,5)6;;/h11-14,17-20H,7-10,15-16H2,1-6H3;2*1H/q+2;;/p-2. The van der Waals surface area contributed by atoms with E-state index in [1.807, 2.05) is 0 Å². The Labute approximate surface area is 193 Å². The average Bonchev–Trinajstić information content (AvgIpc) is 2.57. The fourth-order valence-corrected chi connectivity index (χ4v) is 3.16. The van der Waals surface area contributed by atoms with Crippen molar-refractivity contribution >= 4 is 0 Å². The van der Waals surface area contributed by atoms with Gasteiger partial charge in [0.25, 0.3) is 0 Å². The molecule has 0 aliphatic carbocycles. The number of nitrogens with zero attached hydrogens (tertiary/aromatic N) is 2. The van der Waals surface area contributed by atoms with Crippen LogP contribution in [0.3, 0.4) is 0 Å². The molecule has 28 heavy (non-hydrogen) atoms. The molecule has 0 fully saturated rings. The van der Waals surface area contributed by atoms with Gasteiger partial charge < -0.3 is 34.0 Å². The Bertz CT molecular complexity index is 604. The van der Waals surface area contributed by atoms with Crippen LogP contribution in [0.4, 0.5) is 0 Å². The minimum Gasteiger partial charge on any atom is -1.00 e. The van der Waals surface area contributed by atoms with E-state index in [4.69, 9.17) is 0 Å². The van der Waals surface area contributed by atoms with Gasteiger partial charge in [-0.15, -0.1) is 0 Å². The zero-order chi connectivity index (χ0) is 19.2. The molecule has 0 saturated heterocycles. The van der Waals surface area contributed by atoms with E-state index in [1.165, 1.54) is 36.8 Å². The van der Waals surface area contributed by atoms with Crippen LogP contribution in [0.1, 0.15) is 78.4 Å². The SMILES string of the molecule is CC(C)(C)c1cc[n+](CCCCCC[n+]2ccc(C(C)(C)C)cc2)cc1.[Br-].[Br-]. The molecule has 2 nitrogen and oxygen atoms in total. The summed E-state index contributed by atoms with van der Waals surface area (Å²) in [7, 11) is 0. The van der Waals surface area contributed by atoms with E-state index >= 15 is 0 Å². The van der Waals surface area contributed by atoms with Crippen molar-refractivity contribution in [2.24, 2.45) is 0 Å². The molecule has 0 radical (unpaired) electrons. The third kappa shape index (κ3) is 9.17. The molecule has 0 N–H and O–H groups in total. The first-order valence-corrected chi connectivity index (χ1v) is 10.2. The lowest BCUT2D eigenvalue weighted by Gasteiger charge is -2.17. The number of unbranched alkanes of at least 4 members (excludes halogenated alkanes) is 3. The molecule has 4 heteroatoms. The van der Waals surface area contributed by atoms with Gasteiger partial charge in [-0.05, 0) is 34.8 Å². The molecule has 0 aliphatic rings. The van der Waals surface area contributed by atoms with Crippen molar-refractivity contribution in [3.05, 3.63) is 60.2 Å². The van der Waals surface area contributed by atoms with Crippen molar-refractivity contribution in [2.45, 2.75) is 91.1 Å². The van der Waals surface area contributed by atoms with Crippen LogP contribution in [0.15, 0.2) is 49.1 Å². The molecule has 0 atom stereocenters. The van der Waals surface area contributed by atoms with Gasteiger partial charge in [-0.2, -0.15) is 0 Å². The smallest absolute Gasteiger partial charge is 0.169 e. The molecule has 2 rings (SSSR count). The largest absolute Gasteiger partial charge is 1.00 e. The summed E-state index contributed by atoms with van der Waals surface area (Å²) in [6, 6.07) is 9.05. The summed E-state index contributed by atoms with van der Waals surface area (Å²) in [6.45, 7) is 15.8. The monoisotopic (exact) mass is 512 g/mol. The number of halogens is 2. The summed E-state index contributed by atoms with van der Waals surface area (Å²) < 4.78 is 4.63. The number of rotatable bonds is 7. The predicted octanol–water partition coefficient (Wildman–Crippen LogP) is -0.875. The van der Waals surface area contributed by atoms with Crippen LogP contribution in [0.25, 0.3) is 0 Å². The Morgan fingerprint density at radius 1 is 0.536 bits per heavy atom. The van der Waals surface area contributed by atoms with Crippen LogP contribution in [-0.2, 0) is 23.9 Å². The topological polar surface area (TPSA) is 7.76 Å². The fraction of sp³-hybridized carbons (Fsp3) is 0.583. The Hall–Kier alpha value is -0.740. The molecule has 2 aromatic rings. The van der Waals surface area contributed by atoms with Gasteiger partial charge in [0.2, 0.25) is 0 Å². The highest BCUT2D eigenvalue weighted by atomic mass is 79.9. The van der Waals surface area contributed by atoms with Crippen molar-refractivity contribution in [3.63, 3.8) is 0 Å². The van der Waals surface area contributed by atoms with E-state index in [0.29, 0.717) is 0 Å². The Morgan fingerprint density at radius 3 is 1.07 bits per heavy atom.